The van der Waals surface area contributed by atoms with Gasteiger partial charge >= 0.3 is 0 Å². The van der Waals surface area contributed by atoms with E-state index in [1.165, 1.54) is 6.07 Å². The maximum Gasteiger partial charge on any atom is 0.237 e. The Morgan fingerprint density at radius 1 is 1.09 bits per heavy atom. The predicted molar refractivity (Wildman–Crippen MR) is 76.0 cm³/mol. The summed E-state index contributed by atoms with van der Waals surface area (Å²) in [5.41, 5.74) is -0.492. The van der Waals surface area contributed by atoms with Crippen LogP contribution in [-0.2, 0) is 15.0 Å². The minimum Gasteiger partial charge on any atom is -0.317 e. The first kappa shape index (κ1) is 15.1. The minimum atomic E-state index is -0.962. The zero-order valence-electron chi connectivity index (χ0n) is 12.1. The second kappa shape index (κ2) is 5.76. The highest BCUT2D eigenvalue weighted by atomic mass is 19.2. The summed E-state index contributed by atoms with van der Waals surface area (Å²) in [6.07, 6.45) is 2.09. The molecular formula is C16H18F2N2O2. The van der Waals surface area contributed by atoms with Crippen LogP contribution in [0, 0.1) is 17.6 Å². The third-order valence-electron chi connectivity index (χ3n) is 4.88. The van der Waals surface area contributed by atoms with E-state index in [0.29, 0.717) is 12.0 Å². The van der Waals surface area contributed by atoms with Crippen LogP contribution in [0.5, 0.6) is 0 Å². The first-order valence-corrected chi connectivity index (χ1v) is 7.54. The highest BCUT2D eigenvalue weighted by molar-refractivity contribution is 6.03. The summed E-state index contributed by atoms with van der Waals surface area (Å²) in [6, 6.07) is 3.62. The van der Waals surface area contributed by atoms with E-state index >= 15 is 0 Å². The van der Waals surface area contributed by atoms with Gasteiger partial charge in [-0.1, -0.05) is 6.07 Å². The summed E-state index contributed by atoms with van der Waals surface area (Å²) in [4.78, 5) is 24.2. The van der Waals surface area contributed by atoms with Crippen molar-refractivity contribution < 1.29 is 18.4 Å². The van der Waals surface area contributed by atoms with Crippen LogP contribution in [0.1, 0.15) is 31.2 Å². The summed E-state index contributed by atoms with van der Waals surface area (Å²) in [7, 11) is 0. The molecule has 0 aliphatic carbocycles. The zero-order chi connectivity index (χ0) is 15.7. The average Bonchev–Trinajstić information content (AvgIpc) is 2.52. The van der Waals surface area contributed by atoms with Crippen LogP contribution in [0.2, 0.25) is 0 Å². The van der Waals surface area contributed by atoms with Gasteiger partial charge in [0.05, 0.1) is 5.41 Å². The Labute approximate surface area is 127 Å². The van der Waals surface area contributed by atoms with E-state index in [1.807, 2.05) is 0 Å². The molecule has 1 aromatic carbocycles. The van der Waals surface area contributed by atoms with Crippen LogP contribution >= 0.6 is 0 Å². The lowest BCUT2D eigenvalue weighted by Crippen LogP contribution is -2.57. The average molecular weight is 308 g/mol. The third-order valence-corrected chi connectivity index (χ3v) is 4.88. The fourth-order valence-corrected chi connectivity index (χ4v) is 3.71. The largest absolute Gasteiger partial charge is 0.317 e. The number of benzene rings is 1. The highest BCUT2D eigenvalue weighted by Gasteiger charge is 2.50. The summed E-state index contributed by atoms with van der Waals surface area (Å²) in [5, 5.41) is 5.62. The standard InChI is InChI=1S/C16H18F2N2O2/c17-12-2-1-11(9-13(12)18)16(10-4-7-19-8-5-10)6-3-14(21)20-15(16)22/h1-2,9-10,19H,3-8H2,(H,20,21,22). The number of halogens is 2. The van der Waals surface area contributed by atoms with Crippen LogP contribution < -0.4 is 10.6 Å². The fourth-order valence-electron chi connectivity index (χ4n) is 3.71. The number of hydrogen-bond donors (Lipinski definition) is 2. The molecule has 0 spiro atoms. The van der Waals surface area contributed by atoms with Crippen LogP contribution in [0.4, 0.5) is 8.78 Å². The van der Waals surface area contributed by atoms with Gasteiger partial charge in [-0.15, -0.1) is 0 Å². The first-order valence-electron chi connectivity index (χ1n) is 7.54. The van der Waals surface area contributed by atoms with E-state index in [9.17, 15) is 18.4 Å². The summed E-state index contributed by atoms with van der Waals surface area (Å²) < 4.78 is 26.9. The fraction of sp³-hybridized carbons (Fsp3) is 0.500. The van der Waals surface area contributed by atoms with Crippen molar-refractivity contribution in [1.29, 1.82) is 0 Å². The van der Waals surface area contributed by atoms with Gasteiger partial charge in [0.2, 0.25) is 11.8 Å². The molecule has 2 aliphatic heterocycles. The molecule has 1 aromatic rings. The van der Waals surface area contributed by atoms with Crippen LogP contribution in [-0.4, -0.2) is 24.9 Å². The molecule has 1 atom stereocenters. The van der Waals surface area contributed by atoms with Gasteiger partial charge in [-0.2, -0.15) is 0 Å². The van der Waals surface area contributed by atoms with E-state index in [0.717, 1.165) is 38.1 Å². The van der Waals surface area contributed by atoms with Gasteiger partial charge in [-0.05, 0) is 56.0 Å². The number of hydrogen-bond acceptors (Lipinski definition) is 3. The molecule has 22 heavy (non-hydrogen) atoms. The van der Waals surface area contributed by atoms with Crippen molar-refractivity contribution in [3.05, 3.63) is 35.4 Å². The maximum atomic E-state index is 13.7. The second-order valence-corrected chi connectivity index (χ2v) is 6.00. The molecule has 118 valence electrons. The Hall–Kier alpha value is -1.82. The Morgan fingerprint density at radius 2 is 1.82 bits per heavy atom. The molecule has 2 N–H and O–H groups in total. The lowest BCUT2D eigenvalue weighted by Gasteiger charge is -2.44. The molecule has 0 radical (unpaired) electrons. The molecule has 2 aliphatic rings. The smallest absolute Gasteiger partial charge is 0.237 e. The molecule has 0 aromatic heterocycles. The normalized spacial score (nSPS) is 26.8. The van der Waals surface area contributed by atoms with E-state index in [2.05, 4.69) is 10.6 Å². The van der Waals surface area contributed by atoms with Gasteiger partial charge < -0.3 is 5.32 Å². The van der Waals surface area contributed by atoms with E-state index in [-0.39, 0.29) is 24.2 Å². The molecular weight excluding hydrogens is 290 g/mol. The number of rotatable bonds is 2. The van der Waals surface area contributed by atoms with Gasteiger partial charge in [0, 0.05) is 6.42 Å². The van der Waals surface area contributed by atoms with Gasteiger partial charge in [-0.3, -0.25) is 14.9 Å². The molecule has 3 rings (SSSR count). The van der Waals surface area contributed by atoms with Gasteiger partial charge in [0.25, 0.3) is 0 Å². The SMILES string of the molecule is O=C1CCC(c2ccc(F)c(F)c2)(C2CCNCC2)C(=O)N1. The Morgan fingerprint density at radius 3 is 2.45 bits per heavy atom. The molecule has 0 saturated carbocycles. The predicted octanol–water partition coefficient (Wildman–Crippen LogP) is 1.64. The Kier molecular flexibility index (Phi) is 3.95. The van der Waals surface area contributed by atoms with Gasteiger partial charge in [0.15, 0.2) is 11.6 Å². The Balaban J connectivity index is 2.07. The zero-order valence-corrected chi connectivity index (χ0v) is 12.1. The van der Waals surface area contributed by atoms with Crippen molar-refractivity contribution >= 4 is 11.8 Å². The van der Waals surface area contributed by atoms with E-state index < -0.39 is 17.0 Å². The molecule has 2 amide bonds. The van der Waals surface area contributed by atoms with Crippen molar-refractivity contribution in [2.24, 2.45) is 5.92 Å². The molecule has 2 heterocycles. The molecule has 4 nitrogen and oxygen atoms in total. The van der Waals surface area contributed by atoms with Crippen molar-refractivity contribution in [2.45, 2.75) is 31.1 Å². The molecule has 1 unspecified atom stereocenters. The van der Waals surface area contributed by atoms with Crippen molar-refractivity contribution in [3.8, 4) is 0 Å². The monoisotopic (exact) mass is 308 g/mol. The Bertz CT molecular complexity index is 614. The maximum absolute atomic E-state index is 13.7. The number of amides is 2. The molecule has 2 saturated heterocycles. The van der Waals surface area contributed by atoms with Gasteiger partial charge in [0.1, 0.15) is 0 Å². The minimum absolute atomic E-state index is 0.00621. The highest BCUT2D eigenvalue weighted by Crippen LogP contribution is 2.43. The lowest BCUT2D eigenvalue weighted by molar-refractivity contribution is -0.140. The topological polar surface area (TPSA) is 58.2 Å². The van der Waals surface area contributed by atoms with Crippen LogP contribution in [0.25, 0.3) is 0 Å². The number of piperidine rings is 2. The van der Waals surface area contributed by atoms with Crippen LogP contribution in [0.15, 0.2) is 18.2 Å². The quantitative estimate of drug-likeness (QED) is 0.817. The molecule has 2 fully saturated rings. The molecule has 6 heteroatoms. The van der Waals surface area contributed by atoms with Crippen molar-refractivity contribution in [3.63, 3.8) is 0 Å². The van der Waals surface area contributed by atoms with E-state index in [4.69, 9.17) is 0 Å². The second-order valence-electron chi connectivity index (χ2n) is 6.00. The summed E-state index contributed by atoms with van der Waals surface area (Å²) >= 11 is 0. The number of imide groups is 1. The summed E-state index contributed by atoms with van der Waals surface area (Å²) in [6.45, 7) is 1.55. The van der Waals surface area contributed by atoms with Crippen LogP contribution in [0.3, 0.4) is 0 Å². The number of carbonyl (C=O) groups excluding carboxylic acids is 2. The van der Waals surface area contributed by atoms with Crippen molar-refractivity contribution in [2.75, 3.05) is 13.1 Å². The first-order chi connectivity index (χ1) is 10.5. The molecule has 0 bridgehead atoms. The van der Waals surface area contributed by atoms with E-state index in [1.54, 1.807) is 0 Å². The third kappa shape index (κ3) is 2.41. The number of nitrogens with one attached hydrogen (secondary N) is 2. The summed E-state index contributed by atoms with van der Waals surface area (Å²) in [5.74, 6) is -2.59. The van der Waals surface area contributed by atoms with Gasteiger partial charge in [-0.25, -0.2) is 8.78 Å². The van der Waals surface area contributed by atoms with Crippen molar-refractivity contribution in [1.82, 2.24) is 10.6 Å². The number of carbonyl (C=O) groups is 2. The lowest BCUT2D eigenvalue weighted by atomic mass is 9.62.